The highest BCUT2D eigenvalue weighted by atomic mass is 127. The summed E-state index contributed by atoms with van der Waals surface area (Å²) in [5, 5.41) is 0. The van der Waals surface area contributed by atoms with Crippen molar-refractivity contribution in [3.05, 3.63) is 31.9 Å². The molecule has 0 amide bonds. The SMILES string of the molecule is CC1CCN(CCCN)CC1.Cc1cc(I)c(C)c(C)c1C. The molecule has 0 aliphatic carbocycles. The Morgan fingerprint density at radius 3 is 2.23 bits per heavy atom. The molecule has 2 nitrogen and oxygen atoms in total. The molecule has 0 saturated carbocycles. The average molecular weight is 416 g/mol. The van der Waals surface area contributed by atoms with Gasteiger partial charge in [0.25, 0.3) is 0 Å². The molecule has 22 heavy (non-hydrogen) atoms. The maximum atomic E-state index is 5.45. The standard InChI is InChI=1S/C10H13I.C9H20N2/c1-6-5-10(11)9(4)8(3)7(6)2;1-9-3-7-11(8-4-9)6-2-5-10/h5H,1-4H3;9H,2-8,10H2,1H3. The van der Waals surface area contributed by atoms with Crippen molar-refractivity contribution in [2.24, 2.45) is 11.7 Å². The smallest absolute Gasteiger partial charge is 0.0165 e. The second kappa shape index (κ2) is 9.89. The van der Waals surface area contributed by atoms with Gasteiger partial charge in [0.2, 0.25) is 0 Å². The minimum absolute atomic E-state index is 0.839. The van der Waals surface area contributed by atoms with Crippen LogP contribution in [0.2, 0.25) is 0 Å². The summed E-state index contributed by atoms with van der Waals surface area (Å²) < 4.78 is 1.38. The zero-order valence-corrected chi connectivity index (χ0v) is 17.2. The lowest BCUT2D eigenvalue weighted by molar-refractivity contribution is 0.191. The van der Waals surface area contributed by atoms with Crippen molar-refractivity contribution >= 4 is 22.6 Å². The summed E-state index contributed by atoms with van der Waals surface area (Å²) in [5.41, 5.74) is 11.1. The second-order valence-corrected chi connectivity index (χ2v) is 7.88. The van der Waals surface area contributed by atoms with E-state index in [0.29, 0.717) is 0 Å². The van der Waals surface area contributed by atoms with E-state index in [4.69, 9.17) is 5.73 Å². The lowest BCUT2D eigenvalue weighted by Gasteiger charge is -2.29. The van der Waals surface area contributed by atoms with Crippen molar-refractivity contribution in [2.45, 2.75) is 53.9 Å². The molecule has 0 atom stereocenters. The highest BCUT2D eigenvalue weighted by Gasteiger charge is 2.14. The van der Waals surface area contributed by atoms with Crippen LogP contribution in [0.1, 0.15) is 48.4 Å². The molecule has 0 spiro atoms. The summed E-state index contributed by atoms with van der Waals surface area (Å²) in [7, 11) is 0. The van der Waals surface area contributed by atoms with Gasteiger partial charge < -0.3 is 10.6 Å². The van der Waals surface area contributed by atoms with Crippen LogP contribution in [0, 0.1) is 37.2 Å². The van der Waals surface area contributed by atoms with Gasteiger partial charge in [-0.2, -0.15) is 0 Å². The highest BCUT2D eigenvalue weighted by molar-refractivity contribution is 14.1. The lowest BCUT2D eigenvalue weighted by atomic mass is 9.99. The van der Waals surface area contributed by atoms with Crippen LogP contribution in [0.5, 0.6) is 0 Å². The molecule has 1 aliphatic heterocycles. The third-order valence-electron chi connectivity index (χ3n) is 4.97. The Labute approximate surface area is 151 Å². The first-order valence-corrected chi connectivity index (χ1v) is 9.60. The lowest BCUT2D eigenvalue weighted by Crippen LogP contribution is -2.34. The Morgan fingerprint density at radius 2 is 1.68 bits per heavy atom. The average Bonchev–Trinajstić information content (AvgIpc) is 2.51. The van der Waals surface area contributed by atoms with Gasteiger partial charge in [0, 0.05) is 3.57 Å². The monoisotopic (exact) mass is 416 g/mol. The molecule has 1 aromatic carbocycles. The van der Waals surface area contributed by atoms with Gasteiger partial charge in [-0.3, -0.25) is 0 Å². The number of hydrogen-bond donors (Lipinski definition) is 1. The van der Waals surface area contributed by atoms with E-state index in [2.05, 4.69) is 68.2 Å². The predicted molar refractivity (Wildman–Crippen MR) is 107 cm³/mol. The summed E-state index contributed by atoms with van der Waals surface area (Å²) >= 11 is 2.39. The van der Waals surface area contributed by atoms with E-state index in [0.717, 1.165) is 18.9 Å². The largest absolute Gasteiger partial charge is 0.330 e. The molecular weight excluding hydrogens is 383 g/mol. The number of rotatable bonds is 3. The first-order valence-electron chi connectivity index (χ1n) is 8.52. The molecule has 2 N–H and O–H groups in total. The fourth-order valence-corrected chi connectivity index (χ4v) is 3.63. The van der Waals surface area contributed by atoms with Gasteiger partial charge in [-0.05, 0) is 130 Å². The van der Waals surface area contributed by atoms with Gasteiger partial charge in [-0.25, -0.2) is 0 Å². The molecular formula is C19H33IN2. The van der Waals surface area contributed by atoms with Crippen LogP contribution in [-0.4, -0.2) is 31.1 Å². The highest BCUT2D eigenvalue weighted by Crippen LogP contribution is 2.22. The number of nitrogens with zero attached hydrogens (tertiary/aromatic N) is 1. The van der Waals surface area contributed by atoms with Crippen LogP contribution in [0.15, 0.2) is 6.07 Å². The number of halogens is 1. The number of nitrogens with two attached hydrogens (primary N) is 1. The van der Waals surface area contributed by atoms with Gasteiger partial charge in [0.1, 0.15) is 0 Å². The third kappa shape index (κ3) is 6.17. The minimum atomic E-state index is 0.839. The first-order chi connectivity index (χ1) is 10.4. The molecule has 1 saturated heterocycles. The molecule has 3 heteroatoms. The van der Waals surface area contributed by atoms with E-state index in [1.54, 1.807) is 0 Å². The van der Waals surface area contributed by atoms with E-state index in [-0.39, 0.29) is 0 Å². The molecule has 126 valence electrons. The summed E-state index contributed by atoms with van der Waals surface area (Å²) in [6, 6.07) is 2.25. The Bertz CT molecular complexity index is 434. The molecule has 0 aromatic heterocycles. The quantitative estimate of drug-likeness (QED) is 0.731. The third-order valence-corrected chi connectivity index (χ3v) is 6.09. The summed E-state index contributed by atoms with van der Waals surface area (Å²) in [4.78, 5) is 2.53. The number of piperidine rings is 1. The minimum Gasteiger partial charge on any atom is -0.330 e. The number of benzene rings is 1. The van der Waals surface area contributed by atoms with Crippen molar-refractivity contribution < 1.29 is 0 Å². The fourth-order valence-electron chi connectivity index (χ4n) is 2.76. The van der Waals surface area contributed by atoms with Gasteiger partial charge >= 0.3 is 0 Å². The summed E-state index contributed by atoms with van der Waals surface area (Å²) in [6.07, 6.45) is 3.92. The summed E-state index contributed by atoms with van der Waals surface area (Å²) in [6.45, 7) is 15.7. The van der Waals surface area contributed by atoms with Crippen molar-refractivity contribution in [3.63, 3.8) is 0 Å². The van der Waals surface area contributed by atoms with Gasteiger partial charge in [-0.1, -0.05) is 6.92 Å². The van der Waals surface area contributed by atoms with Gasteiger partial charge in [-0.15, -0.1) is 0 Å². The molecule has 1 aromatic rings. The molecule has 0 radical (unpaired) electrons. The maximum absolute atomic E-state index is 5.45. The van der Waals surface area contributed by atoms with Crippen LogP contribution < -0.4 is 5.73 Å². The van der Waals surface area contributed by atoms with E-state index in [1.165, 1.54) is 58.3 Å². The van der Waals surface area contributed by atoms with Crippen LogP contribution in [0.25, 0.3) is 0 Å². The fraction of sp³-hybridized carbons (Fsp3) is 0.684. The topological polar surface area (TPSA) is 29.3 Å². The van der Waals surface area contributed by atoms with Crippen LogP contribution >= 0.6 is 22.6 Å². The number of likely N-dealkylation sites (tertiary alicyclic amines) is 1. The van der Waals surface area contributed by atoms with Crippen LogP contribution in [0.3, 0.4) is 0 Å². The van der Waals surface area contributed by atoms with Gasteiger partial charge in [0.05, 0.1) is 0 Å². The van der Waals surface area contributed by atoms with E-state index in [9.17, 15) is 0 Å². The molecule has 0 unspecified atom stereocenters. The Hall–Kier alpha value is -0.130. The maximum Gasteiger partial charge on any atom is 0.0165 e. The van der Waals surface area contributed by atoms with E-state index < -0.39 is 0 Å². The predicted octanol–water partition coefficient (Wildman–Crippen LogP) is 4.59. The molecule has 2 rings (SSSR count). The van der Waals surface area contributed by atoms with Crippen molar-refractivity contribution in [1.29, 1.82) is 0 Å². The Morgan fingerprint density at radius 1 is 1.09 bits per heavy atom. The van der Waals surface area contributed by atoms with Crippen molar-refractivity contribution in [3.8, 4) is 0 Å². The molecule has 1 heterocycles. The Balaban J connectivity index is 0.000000220. The molecule has 1 fully saturated rings. The van der Waals surface area contributed by atoms with Crippen molar-refractivity contribution in [2.75, 3.05) is 26.2 Å². The second-order valence-electron chi connectivity index (χ2n) is 6.72. The normalized spacial score (nSPS) is 16.3. The molecule has 0 bridgehead atoms. The van der Waals surface area contributed by atoms with E-state index >= 15 is 0 Å². The number of hydrogen-bond acceptors (Lipinski definition) is 2. The zero-order valence-electron chi connectivity index (χ0n) is 15.0. The Kier molecular flexibility index (Phi) is 8.95. The van der Waals surface area contributed by atoms with Gasteiger partial charge in [0.15, 0.2) is 0 Å². The zero-order chi connectivity index (χ0) is 16.7. The first kappa shape index (κ1) is 19.9. The van der Waals surface area contributed by atoms with Crippen LogP contribution in [0.4, 0.5) is 0 Å². The van der Waals surface area contributed by atoms with E-state index in [1.807, 2.05) is 0 Å². The van der Waals surface area contributed by atoms with Crippen molar-refractivity contribution in [1.82, 2.24) is 4.90 Å². The number of aryl methyl sites for hydroxylation is 1. The molecule has 1 aliphatic rings. The summed E-state index contributed by atoms with van der Waals surface area (Å²) in [5.74, 6) is 0.948. The van der Waals surface area contributed by atoms with Crippen LogP contribution in [-0.2, 0) is 0 Å².